The number of rotatable bonds is 6. The quantitative estimate of drug-likeness (QED) is 0.747. The third kappa shape index (κ3) is 4.31. The van der Waals surface area contributed by atoms with Crippen LogP contribution in [0.1, 0.15) is 19.3 Å². The van der Waals surface area contributed by atoms with Crippen LogP contribution in [0.4, 0.5) is 0 Å². The summed E-state index contributed by atoms with van der Waals surface area (Å²) in [5.74, 6) is 0. The van der Waals surface area contributed by atoms with E-state index in [2.05, 4.69) is 18.2 Å². The molecule has 1 aliphatic rings. The van der Waals surface area contributed by atoms with Crippen LogP contribution in [0.15, 0.2) is 0 Å². The van der Waals surface area contributed by atoms with Gasteiger partial charge in [0.1, 0.15) is 0 Å². The van der Waals surface area contributed by atoms with Crippen molar-refractivity contribution in [2.75, 3.05) is 33.6 Å². The third-order valence-electron chi connectivity index (χ3n) is 3.17. The standard InChI is InChI=1S/C11H23NO2S/c1-12(7-10(13)8-14-2)9-4-5-11(6-9)15-3/h9-11,13H,4-8H2,1-3H3/t9-,10-,11+/m1/s1. The van der Waals surface area contributed by atoms with Crippen LogP contribution >= 0.6 is 11.8 Å². The largest absolute Gasteiger partial charge is 0.389 e. The van der Waals surface area contributed by atoms with Crippen molar-refractivity contribution in [3.8, 4) is 0 Å². The van der Waals surface area contributed by atoms with E-state index in [1.54, 1.807) is 7.11 Å². The van der Waals surface area contributed by atoms with Gasteiger partial charge in [0.05, 0.1) is 12.7 Å². The molecule has 90 valence electrons. The summed E-state index contributed by atoms with van der Waals surface area (Å²) in [6.45, 7) is 1.16. The Labute approximate surface area is 97.2 Å². The molecule has 0 bridgehead atoms. The van der Waals surface area contributed by atoms with Crippen LogP contribution in [-0.2, 0) is 4.74 Å². The predicted molar refractivity (Wildman–Crippen MR) is 65.5 cm³/mol. The van der Waals surface area contributed by atoms with E-state index in [-0.39, 0.29) is 6.10 Å². The van der Waals surface area contributed by atoms with Gasteiger partial charge in [0.2, 0.25) is 0 Å². The van der Waals surface area contributed by atoms with E-state index in [1.807, 2.05) is 11.8 Å². The maximum atomic E-state index is 9.63. The number of hydrogen-bond acceptors (Lipinski definition) is 4. The lowest BCUT2D eigenvalue weighted by Crippen LogP contribution is -2.38. The van der Waals surface area contributed by atoms with Crippen molar-refractivity contribution in [1.82, 2.24) is 4.90 Å². The SMILES string of the molecule is COC[C@H](O)CN(C)[C@@H]1CC[C@H](SC)C1. The molecule has 3 nitrogen and oxygen atoms in total. The summed E-state index contributed by atoms with van der Waals surface area (Å²) in [5.41, 5.74) is 0. The molecule has 4 heteroatoms. The van der Waals surface area contributed by atoms with Gasteiger partial charge in [-0.1, -0.05) is 0 Å². The van der Waals surface area contributed by atoms with Crippen molar-refractivity contribution in [3.05, 3.63) is 0 Å². The number of aliphatic hydroxyl groups is 1. The highest BCUT2D eigenvalue weighted by Crippen LogP contribution is 2.30. The number of likely N-dealkylation sites (N-methyl/N-ethyl adjacent to an activating group) is 1. The molecule has 1 N–H and O–H groups in total. The summed E-state index contributed by atoms with van der Waals surface area (Å²) in [6, 6.07) is 0.647. The second kappa shape index (κ2) is 6.74. The van der Waals surface area contributed by atoms with E-state index < -0.39 is 0 Å². The predicted octanol–water partition coefficient (Wildman–Crippen LogP) is 1.21. The molecule has 1 aliphatic carbocycles. The molecule has 0 amide bonds. The summed E-state index contributed by atoms with van der Waals surface area (Å²) in [6.07, 6.45) is 5.68. The minimum atomic E-state index is -0.353. The molecule has 0 spiro atoms. The van der Waals surface area contributed by atoms with Gasteiger partial charge in [0, 0.05) is 24.9 Å². The molecule has 0 radical (unpaired) electrons. The summed E-state index contributed by atoms with van der Waals surface area (Å²) in [5, 5.41) is 10.4. The zero-order chi connectivity index (χ0) is 11.3. The average Bonchev–Trinajstić information content (AvgIpc) is 2.66. The number of ether oxygens (including phenoxy) is 1. The van der Waals surface area contributed by atoms with Crippen molar-refractivity contribution < 1.29 is 9.84 Å². The van der Waals surface area contributed by atoms with Gasteiger partial charge in [-0.25, -0.2) is 0 Å². The molecule has 3 atom stereocenters. The van der Waals surface area contributed by atoms with Crippen LogP contribution in [-0.4, -0.2) is 61.0 Å². The lowest BCUT2D eigenvalue weighted by molar-refractivity contribution is 0.0348. The van der Waals surface area contributed by atoms with Crippen LogP contribution in [0, 0.1) is 0 Å². The Kier molecular flexibility index (Phi) is 5.97. The fourth-order valence-corrected chi connectivity index (χ4v) is 3.04. The van der Waals surface area contributed by atoms with E-state index in [4.69, 9.17) is 4.74 Å². The lowest BCUT2D eigenvalue weighted by Gasteiger charge is -2.26. The highest BCUT2D eigenvalue weighted by molar-refractivity contribution is 7.99. The molecule has 0 aromatic rings. The highest BCUT2D eigenvalue weighted by atomic mass is 32.2. The fourth-order valence-electron chi connectivity index (χ4n) is 2.26. The van der Waals surface area contributed by atoms with Crippen molar-refractivity contribution >= 4 is 11.8 Å². The van der Waals surface area contributed by atoms with Crippen LogP contribution in [0.5, 0.6) is 0 Å². The van der Waals surface area contributed by atoms with E-state index in [0.717, 1.165) is 11.8 Å². The first-order valence-electron chi connectivity index (χ1n) is 5.57. The van der Waals surface area contributed by atoms with E-state index in [0.29, 0.717) is 12.6 Å². The maximum absolute atomic E-state index is 9.63. The van der Waals surface area contributed by atoms with Gasteiger partial charge >= 0.3 is 0 Å². The van der Waals surface area contributed by atoms with Gasteiger partial charge in [0.15, 0.2) is 0 Å². The molecule has 0 heterocycles. The Morgan fingerprint density at radius 1 is 1.53 bits per heavy atom. The molecule has 0 aromatic heterocycles. The Morgan fingerprint density at radius 2 is 2.27 bits per heavy atom. The summed E-state index contributed by atoms with van der Waals surface area (Å²) < 4.78 is 4.93. The number of hydrogen-bond donors (Lipinski definition) is 1. The first-order chi connectivity index (χ1) is 7.17. The summed E-state index contributed by atoms with van der Waals surface area (Å²) in [4.78, 5) is 2.28. The summed E-state index contributed by atoms with van der Waals surface area (Å²) >= 11 is 1.97. The fraction of sp³-hybridized carbons (Fsp3) is 1.00. The normalized spacial score (nSPS) is 28.6. The van der Waals surface area contributed by atoms with Gasteiger partial charge in [-0.3, -0.25) is 0 Å². The van der Waals surface area contributed by atoms with E-state index >= 15 is 0 Å². The molecule has 0 unspecified atom stereocenters. The van der Waals surface area contributed by atoms with Crippen LogP contribution in [0.3, 0.4) is 0 Å². The molecular formula is C11H23NO2S. The Hall–Kier alpha value is 0.230. The van der Waals surface area contributed by atoms with Gasteiger partial charge < -0.3 is 14.7 Å². The molecule has 1 fully saturated rings. The second-order valence-corrected chi connectivity index (χ2v) is 5.51. The van der Waals surface area contributed by atoms with Crippen LogP contribution in [0.25, 0.3) is 0 Å². The van der Waals surface area contributed by atoms with Crippen molar-refractivity contribution in [1.29, 1.82) is 0 Å². The highest BCUT2D eigenvalue weighted by Gasteiger charge is 2.27. The maximum Gasteiger partial charge on any atom is 0.0900 e. The van der Waals surface area contributed by atoms with Crippen LogP contribution < -0.4 is 0 Å². The monoisotopic (exact) mass is 233 g/mol. The smallest absolute Gasteiger partial charge is 0.0900 e. The number of nitrogens with zero attached hydrogens (tertiary/aromatic N) is 1. The van der Waals surface area contributed by atoms with Gasteiger partial charge in [0.25, 0.3) is 0 Å². The Morgan fingerprint density at radius 3 is 2.80 bits per heavy atom. The molecule has 0 saturated heterocycles. The molecule has 0 aliphatic heterocycles. The molecule has 0 aromatic carbocycles. The number of thioether (sulfide) groups is 1. The van der Waals surface area contributed by atoms with Crippen molar-refractivity contribution in [2.45, 2.75) is 36.7 Å². The van der Waals surface area contributed by atoms with Crippen molar-refractivity contribution in [2.24, 2.45) is 0 Å². The molecular weight excluding hydrogens is 210 g/mol. The number of methoxy groups -OCH3 is 1. The first kappa shape index (κ1) is 13.3. The lowest BCUT2D eigenvalue weighted by atomic mass is 10.2. The summed E-state index contributed by atoms with van der Waals surface area (Å²) in [7, 11) is 3.73. The van der Waals surface area contributed by atoms with E-state index in [1.165, 1.54) is 19.3 Å². The van der Waals surface area contributed by atoms with Crippen LogP contribution in [0.2, 0.25) is 0 Å². The van der Waals surface area contributed by atoms with Crippen molar-refractivity contribution in [3.63, 3.8) is 0 Å². The number of aliphatic hydroxyl groups excluding tert-OH is 1. The van der Waals surface area contributed by atoms with Gasteiger partial charge in [-0.05, 0) is 32.6 Å². The topological polar surface area (TPSA) is 32.7 Å². The Balaban J connectivity index is 2.25. The minimum Gasteiger partial charge on any atom is -0.389 e. The zero-order valence-electron chi connectivity index (χ0n) is 9.98. The zero-order valence-corrected chi connectivity index (χ0v) is 10.8. The van der Waals surface area contributed by atoms with E-state index in [9.17, 15) is 5.11 Å². The Bertz CT molecular complexity index is 180. The third-order valence-corrected chi connectivity index (χ3v) is 4.27. The second-order valence-electron chi connectivity index (χ2n) is 4.37. The molecule has 1 saturated carbocycles. The molecule has 15 heavy (non-hydrogen) atoms. The molecule has 1 rings (SSSR count). The minimum absolute atomic E-state index is 0.353. The van der Waals surface area contributed by atoms with Gasteiger partial charge in [-0.15, -0.1) is 0 Å². The average molecular weight is 233 g/mol. The first-order valence-corrected chi connectivity index (χ1v) is 6.86. The van der Waals surface area contributed by atoms with Gasteiger partial charge in [-0.2, -0.15) is 11.8 Å².